The number of halogens is 1. The molecule has 0 unspecified atom stereocenters. The highest BCUT2D eigenvalue weighted by atomic mass is 79.9. The first kappa shape index (κ1) is 16.8. The van der Waals surface area contributed by atoms with Crippen LogP contribution < -0.4 is 11.1 Å². The molecule has 0 bridgehead atoms. The Balaban J connectivity index is 2.26. The van der Waals surface area contributed by atoms with E-state index in [1.807, 2.05) is 12.1 Å². The molecule has 1 aromatic rings. The molecule has 0 heterocycles. The van der Waals surface area contributed by atoms with Crippen molar-refractivity contribution >= 4 is 38.8 Å². The first-order valence-electron chi connectivity index (χ1n) is 7.45. The molecule has 1 saturated carbocycles. The third-order valence-corrected chi connectivity index (χ3v) is 5.04. The fourth-order valence-electron chi connectivity index (χ4n) is 4.06. The minimum atomic E-state index is 0.356. The van der Waals surface area contributed by atoms with Crippen molar-refractivity contribution in [1.82, 2.24) is 0 Å². The quantitative estimate of drug-likeness (QED) is 0.728. The van der Waals surface area contributed by atoms with Gasteiger partial charge in [-0.15, -0.1) is 0 Å². The van der Waals surface area contributed by atoms with Crippen LogP contribution in [0.5, 0.6) is 0 Å². The van der Waals surface area contributed by atoms with Crippen LogP contribution in [0.15, 0.2) is 22.7 Å². The van der Waals surface area contributed by atoms with Crippen molar-refractivity contribution in [1.29, 1.82) is 0 Å². The standard InChI is InChI=1S/C17H25BrN2S/c1-16(2)8-11(9-17(3,4)10-16)20-13-7-5-6-12(18)14(13)15(19)21/h5-7,11,20H,8-10H2,1-4H3,(H2,19,21). The molecule has 0 aliphatic heterocycles. The maximum absolute atomic E-state index is 5.89. The molecule has 0 aromatic heterocycles. The summed E-state index contributed by atoms with van der Waals surface area (Å²) in [6.07, 6.45) is 3.60. The van der Waals surface area contributed by atoms with Crippen LogP contribution >= 0.6 is 28.1 Å². The summed E-state index contributed by atoms with van der Waals surface area (Å²) in [6, 6.07) is 6.52. The topological polar surface area (TPSA) is 38.0 Å². The lowest BCUT2D eigenvalue weighted by Gasteiger charge is -2.45. The van der Waals surface area contributed by atoms with Gasteiger partial charge < -0.3 is 11.1 Å². The van der Waals surface area contributed by atoms with Gasteiger partial charge in [0.25, 0.3) is 0 Å². The van der Waals surface area contributed by atoms with Crippen LogP contribution in [0, 0.1) is 10.8 Å². The van der Waals surface area contributed by atoms with E-state index < -0.39 is 0 Å². The van der Waals surface area contributed by atoms with Crippen LogP contribution in [0.4, 0.5) is 5.69 Å². The average molecular weight is 369 g/mol. The molecule has 2 nitrogen and oxygen atoms in total. The van der Waals surface area contributed by atoms with Gasteiger partial charge in [0.2, 0.25) is 0 Å². The molecule has 1 aromatic carbocycles. The van der Waals surface area contributed by atoms with Gasteiger partial charge in [0.1, 0.15) is 4.99 Å². The number of rotatable bonds is 3. The van der Waals surface area contributed by atoms with Crippen LogP contribution in [-0.2, 0) is 0 Å². The van der Waals surface area contributed by atoms with E-state index in [1.165, 1.54) is 19.3 Å². The fourth-order valence-corrected chi connectivity index (χ4v) is 4.99. The Bertz CT molecular complexity index is 536. The van der Waals surface area contributed by atoms with Crippen LogP contribution in [0.3, 0.4) is 0 Å². The first-order chi connectivity index (χ1) is 9.60. The second-order valence-electron chi connectivity index (χ2n) is 7.78. The molecular weight excluding hydrogens is 344 g/mol. The highest BCUT2D eigenvalue weighted by Crippen LogP contribution is 2.46. The van der Waals surface area contributed by atoms with E-state index in [0.29, 0.717) is 21.9 Å². The third kappa shape index (κ3) is 4.19. The van der Waals surface area contributed by atoms with Crippen molar-refractivity contribution in [3.05, 3.63) is 28.2 Å². The number of hydrogen-bond acceptors (Lipinski definition) is 2. The summed E-state index contributed by atoms with van der Waals surface area (Å²) in [5.74, 6) is 0. The molecule has 1 fully saturated rings. The van der Waals surface area contributed by atoms with Gasteiger partial charge in [0, 0.05) is 21.8 Å². The van der Waals surface area contributed by atoms with E-state index in [9.17, 15) is 0 Å². The van der Waals surface area contributed by atoms with E-state index in [4.69, 9.17) is 18.0 Å². The highest BCUT2D eigenvalue weighted by molar-refractivity contribution is 9.10. The number of anilines is 1. The molecule has 2 rings (SSSR count). The number of nitrogens with two attached hydrogens (primary N) is 1. The summed E-state index contributed by atoms with van der Waals surface area (Å²) in [7, 11) is 0. The van der Waals surface area contributed by atoms with E-state index in [0.717, 1.165) is 15.7 Å². The zero-order chi connectivity index (χ0) is 15.8. The molecule has 0 spiro atoms. The minimum absolute atomic E-state index is 0.356. The predicted molar refractivity (Wildman–Crippen MR) is 98.9 cm³/mol. The van der Waals surface area contributed by atoms with Crippen LogP contribution in [0.1, 0.15) is 52.5 Å². The average Bonchev–Trinajstić information content (AvgIpc) is 2.23. The van der Waals surface area contributed by atoms with Gasteiger partial charge in [-0.05, 0) is 58.2 Å². The van der Waals surface area contributed by atoms with Gasteiger partial charge in [0.15, 0.2) is 0 Å². The third-order valence-electron chi connectivity index (χ3n) is 4.17. The Morgan fingerprint density at radius 1 is 1.24 bits per heavy atom. The molecule has 0 saturated heterocycles. The zero-order valence-electron chi connectivity index (χ0n) is 13.3. The fraction of sp³-hybridized carbons (Fsp3) is 0.588. The van der Waals surface area contributed by atoms with E-state index >= 15 is 0 Å². The van der Waals surface area contributed by atoms with Crippen molar-refractivity contribution in [2.24, 2.45) is 16.6 Å². The van der Waals surface area contributed by atoms with Crippen molar-refractivity contribution < 1.29 is 0 Å². The van der Waals surface area contributed by atoms with E-state index in [1.54, 1.807) is 0 Å². The molecular formula is C17H25BrN2S. The molecule has 116 valence electrons. The summed E-state index contributed by atoms with van der Waals surface area (Å²) in [5.41, 5.74) is 8.55. The molecule has 0 radical (unpaired) electrons. The maximum atomic E-state index is 5.89. The maximum Gasteiger partial charge on any atom is 0.107 e. The summed E-state index contributed by atoms with van der Waals surface area (Å²) in [6.45, 7) is 9.44. The van der Waals surface area contributed by atoms with Crippen LogP contribution in [0.2, 0.25) is 0 Å². The van der Waals surface area contributed by atoms with E-state index in [2.05, 4.69) is 55.0 Å². The molecule has 1 aliphatic carbocycles. The van der Waals surface area contributed by atoms with Gasteiger partial charge in [-0.1, -0.05) is 46.0 Å². The van der Waals surface area contributed by atoms with Crippen LogP contribution in [0.25, 0.3) is 0 Å². The molecule has 1 aliphatic rings. The van der Waals surface area contributed by atoms with Crippen LogP contribution in [-0.4, -0.2) is 11.0 Å². The Morgan fingerprint density at radius 3 is 2.33 bits per heavy atom. The summed E-state index contributed by atoms with van der Waals surface area (Å²) in [5, 5.41) is 3.69. The summed E-state index contributed by atoms with van der Waals surface area (Å²) < 4.78 is 0.953. The second kappa shape index (κ2) is 5.88. The monoisotopic (exact) mass is 368 g/mol. The normalized spacial score (nSPS) is 21.0. The first-order valence-corrected chi connectivity index (χ1v) is 8.65. The smallest absolute Gasteiger partial charge is 0.107 e. The van der Waals surface area contributed by atoms with E-state index in [-0.39, 0.29) is 0 Å². The zero-order valence-corrected chi connectivity index (χ0v) is 15.7. The van der Waals surface area contributed by atoms with Crippen molar-refractivity contribution in [3.63, 3.8) is 0 Å². The summed E-state index contributed by atoms with van der Waals surface area (Å²) in [4.78, 5) is 0.430. The molecule has 4 heteroatoms. The van der Waals surface area contributed by atoms with Gasteiger partial charge in [-0.2, -0.15) is 0 Å². The lowest BCUT2D eigenvalue weighted by atomic mass is 9.63. The molecule has 0 amide bonds. The number of nitrogens with one attached hydrogen (secondary N) is 1. The van der Waals surface area contributed by atoms with Crippen molar-refractivity contribution in [2.45, 2.75) is 53.0 Å². The predicted octanol–water partition coefficient (Wildman–Crippen LogP) is 5.10. The lowest BCUT2D eigenvalue weighted by Crippen LogP contribution is -2.40. The van der Waals surface area contributed by atoms with Gasteiger partial charge in [-0.25, -0.2) is 0 Å². The minimum Gasteiger partial charge on any atom is -0.389 e. The molecule has 0 atom stereocenters. The number of thiocarbonyl (C=S) groups is 1. The van der Waals surface area contributed by atoms with Gasteiger partial charge >= 0.3 is 0 Å². The Morgan fingerprint density at radius 2 is 1.81 bits per heavy atom. The summed E-state index contributed by atoms with van der Waals surface area (Å²) >= 11 is 8.75. The Hall–Kier alpha value is -0.610. The Labute approximate surface area is 142 Å². The SMILES string of the molecule is CC1(C)CC(Nc2cccc(Br)c2C(N)=S)CC(C)(C)C1. The second-order valence-corrected chi connectivity index (χ2v) is 9.08. The number of hydrogen-bond donors (Lipinski definition) is 2. The number of benzene rings is 1. The largest absolute Gasteiger partial charge is 0.389 e. The Kier molecular flexibility index (Phi) is 4.69. The van der Waals surface area contributed by atoms with Gasteiger partial charge in [-0.3, -0.25) is 0 Å². The highest BCUT2D eigenvalue weighted by Gasteiger charge is 2.38. The lowest BCUT2D eigenvalue weighted by molar-refractivity contribution is 0.105. The van der Waals surface area contributed by atoms with Gasteiger partial charge in [0.05, 0.1) is 0 Å². The van der Waals surface area contributed by atoms with Crippen molar-refractivity contribution in [3.8, 4) is 0 Å². The molecule has 3 N–H and O–H groups in total. The molecule has 21 heavy (non-hydrogen) atoms. The van der Waals surface area contributed by atoms with Crippen molar-refractivity contribution in [2.75, 3.05) is 5.32 Å².